The lowest BCUT2D eigenvalue weighted by Crippen LogP contribution is -1.96. The van der Waals surface area contributed by atoms with E-state index in [4.69, 9.17) is 10.00 Å². The van der Waals surface area contributed by atoms with Crippen LogP contribution >= 0.6 is 15.9 Å². The molecule has 2 rings (SSSR count). The molecule has 1 aromatic heterocycles. The van der Waals surface area contributed by atoms with Crippen molar-refractivity contribution in [3.05, 3.63) is 46.2 Å². The summed E-state index contributed by atoms with van der Waals surface area (Å²) in [6, 6.07) is 7.46. The zero-order valence-corrected chi connectivity index (χ0v) is 10.8. The number of hydrogen-bond donors (Lipinski definition) is 0. The second-order valence-corrected chi connectivity index (χ2v) is 4.48. The van der Waals surface area contributed by atoms with Crippen LogP contribution < -0.4 is 4.74 Å². The van der Waals surface area contributed by atoms with Crippen LogP contribution in [0.3, 0.4) is 0 Å². The summed E-state index contributed by atoms with van der Waals surface area (Å²) >= 11 is 3.32. The standard InChI is InChI=1S/C12H10BrN3O/c1-16-7-9(6-15-16)8-17-12-3-2-11(13)4-10(12)5-14/h2-4,6-7H,8H2,1H3. The molecule has 2 aromatic rings. The quantitative estimate of drug-likeness (QED) is 0.873. The Morgan fingerprint density at radius 3 is 3.00 bits per heavy atom. The number of nitrogens with zero attached hydrogens (tertiary/aromatic N) is 3. The predicted octanol–water partition coefficient (Wildman–Crippen LogP) is 2.63. The molecule has 0 aliphatic rings. The first kappa shape index (κ1) is 11.7. The topological polar surface area (TPSA) is 50.8 Å². The van der Waals surface area contributed by atoms with Crippen molar-refractivity contribution in [1.82, 2.24) is 9.78 Å². The molecule has 0 saturated heterocycles. The van der Waals surface area contributed by atoms with Gasteiger partial charge in [0.05, 0.1) is 11.8 Å². The van der Waals surface area contributed by atoms with Gasteiger partial charge in [0.25, 0.3) is 0 Å². The molecule has 0 amide bonds. The maximum absolute atomic E-state index is 8.98. The van der Waals surface area contributed by atoms with Gasteiger partial charge in [0, 0.05) is 23.3 Å². The molecule has 0 fully saturated rings. The van der Waals surface area contributed by atoms with Gasteiger partial charge in [-0.25, -0.2) is 0 Å². The summed E-state index contributed by atoms with van der Waals surface area (Å²) in [7, 11) is 1.85. The highest BCUT2D eigenvalue weighted by atomic mass is 79.9. The van der Waals surface area contributed by atoms with Crippen molar-refractivity contribution in [2.45, 2.75) is 6.61 Å². The van der Waals surface area contributed by atoms with Crippen LogP contribution in [0, 0.1) is 11.3 Å². The number of rotatable bonds is 3. The van der Waals surface area contributed by atoms with Gasteiger partial charge in [-0.1, -0.05) is 15.9 Å². The van der Waals surface area contributed by atoms with Gasteiger partial charge in [0.15, 0.2) is 0 Å². The van der Waals surface area contributed by atoms with Gasteiger partial charge < -0.3 is 4.74 Å². The molecule has 17 heavy (non-hydrogen) atoms. The summed E-state index contributed by atoms with van der Waals surface area (Å²) in [5, 5.41) is 13.0. The monoisotopic (exact) mass is 291 g/mol. The molecular weight excluding hydrogens is 282 g/mol. The smallest absolute Gasteiger partial charge is 0.137 e. The van der Waals surface area contributed by atoms with Crippen LogP contribution in [0.25, 0.3) is 0 Å². The average molecular weight is 292 g/mol. The first-order valence-corrected chi connectivity index (χ1v) is 5.78. The Balaban J connectivity index is 2.12. The van der Waals surface area contributed by atoms with Gasteiger partial charge in [0.1, 0.15) is 18.4 Å². The molecule has 0 radical (unpaired) electrons. The highest BCUT2D eigenvalue weighted by Gasteiger charge is 2.05. The first-order valence-electron chi connectivity index (χ1n) is 4.99. The van der Waals surface area contributed by atoms with E-state index in [-0.39, 0.29) is 0 Å². The Bertz CT molecular complexity index is 571. The molecule has 0 atom stereocenters. The molecule has 0 aliphatic carbocycles. The van der Waals surface area contributed by atoms with Crippen LogP contribution in [-0.4, -0.2) is 9.78 Å². The van der Waals surface area contributed by atoms with Crippen molar-refractivity contribution in [3.63, 3.8) is 0 Å². The normalized spacial score (nSPS) is 9.94. The zero-order valence-electron chi connectivity index (χ0n) is 9.22. The maximum atomic E-state index is 8.98. The maximum Gasteiger partial charge on any atom is 0.137 e. The molecule has 5 heteroatoms. The Kier molecular flexibility index (Phi) is 3.45. The Morgan fingerprint density at radius 1 is 1.53 bits per heavy atom. The Labute approximate surface area is 108 Å². The molecule has 0 aliphatic heterocycles. The minimum Gasteiger partial charge on any atom is -0.487 e. The van der Waals surface area contributed by atoms with Gasteiger partial charge >= 0.3 is 0 Å². The zero-order chi connectivity index (χ0) is 12.3. The second-order valence-electron chi connectivity index (χ2n) is 3.56. The molecule has 1 aromatic carbocycles. The molecular formula is C12H10BrN3O. The lowest BCUT2D eigenvalue weighted by atomic mass is 10.2. The van der Waals surface area contributed by atoms with Crippen molar-refractivity contribution < 1.29 is 4.74 Å². The van der Waals surface area contributed by atoms with Crippen LogP contribution in [0.5, 0.6) is 5.75 Å². The molecule has 0 saturated carbocycles. The van der Waals surface area contributed by atoms with Gasteiger partial charge in [-0.15, -0.1) is 0 Å². The highest BCUT2D eigenvalue weighted by Crippen LogP contribution is 2.23. The van der Waals surface area contributed by atoms with Crippen molar-refractivity contribution in [2.75, 3.05) is 0 Å². The minimum absolute atomic E-state index is 0.407. The van der Waals surface area contributed by atoms with Crippen molar-refractivity contribution >= 4 is 15.9 Å². The largest absolute Gasteiger partial charge is 0.487 e. The van der Waals surface area contributed by atoms with E-state index in [1.54, 1.807) is 23.0 Å². The highest BCUT2D eigenvalue weighted by molar-refractivity contribution is 9.10. The van der Waals surface area contributed by atoms with E-state index < -0.39 is 0 Å². The predicted molar refractivity (Wildman–Crippen MR) is 66.4 cm³/mol. The first-order chi connectivity index (χ1) is 8.19. The van der Waals surface area contributed by atoms with Crippen molar-refractivity contribution in [3.8, 4) is 11.8 Å². The van der Waals surface area contributed by atoms with Crippen LogP contribution in [-0.2, 0) is 13.7 Å². The molecule has 4 nitrogen and oxygen atoms in total. The number of nitriles is 1. The summed E-state index contributed by atoms with van der Waals surface area (Å²) in [6.45, 7) is 0.407. The number of aryl methyl sites for hydroxylation is 1. The Hall–Kier alpha value is -1.80. The molecule has 0 bridgehead atoms. The van der Waals surface area contributed by atoms with Crippen LogP contribution in [0.15, 0.2) is 35.1 Å². The molecule has 86 valence electrons. The summed E-state index contributed by atoms with van der Waals surface area (Å²) in [6.07, 6.45) is 3.62. The molecule has 0 spiro atoms. The number of hydrogen-bond acceptors (Lipinski definition) is 3. The van der Waals surface area contributed by atoms with Crippen LogP contribution in [0.4, 0.5) is 0 Å². The fraction of sp³-hybridized carbons (Fsp3) is 0.167. The van der Waals surface area contributed by atoms with Crippen LogP contribution in [0.1, 0.15) is 11.1 Å². The molecule has 0 unspecified atom stereocenters. The van der Waals surface area contributed by atoms with Crippen LogP contribution in [0.2, 0.25) is 0 Å². The molecule has 1 heterocycles. The summed E-state index contributed by atoms with van der Waals surface area (Å²) < 4.78 is 8.16. The van der Waals surface area contributed by atoms with E-state index >= 15 is 0 Å². The fourth-order valence-corrected chi connectivity index (χ4v) is 1.78. The van der Waals surface area contributed by atoms with Crippen molar-refractivity contribution in [1.29, 1.82) is 5.26 Å². The fourth-order valence-electron chi connectivity index (χ4n) is 1.42. The lowest BCUT2D eigenvalue weighted by Gasteiger charge is -2.06. The lowest BCUT2D eigenvalue weighted by molar-refractivity contribution is 0.305. The summed E-state index contributed by atoms with van der Waals surface area (Å²) in [5.41, 5.74) is 1.49. The Morgan fingerprint density at radius 2 is 2.35 bits per heavy atom. The number of aromatic nitrogens is 2. The van der Waals surface area contributed by atoms with Gasteiger partial charge in [-0.05, 0) is 18.2 Å². The second kappa shape index (κ2) is 5.02. The number of benzene rings is 1. The number of ether oxygens (including phenoxy) is 1. The van der Waals surface area contributed by atoms with E-state index in [1.807, 2.05) is 19.3 Å². The van der Waals surface area contributed by atoms with E-state index in [2.05, 4.69) is 27.1 Å². The van der Waals surface area contributed by atoms with Crippen molar-refractivity contribution in [2.24, 2.45) is 7.05 Å². The van der Waals surface area contributed by atoms with Gasteiger partial charge in [-0.3, -0.25) is 4.68 Å². The molecule has 0 N–H and O–H groups in total. The van der Waals surface area contributed by atoms with Gasteiger partial charge in [-0.2, -0.15) is 10.4 Å². The summed E-state index contributed by atoms with van der Waals surface area (Å²) in [5.74, 6) is 0.583. The minimum atomic E-state index is 0.407. The third-order valence-electron chi connectivity index (χ3n) is 2.21. The third kappa shape index (κ3) is 2.86. The van der Waals surface area contributed by atoms with E-state index in [9.17, 15) is 0 Å². The van der Waals surface area contributed by atoms with E-state index in [1.165, 1.54) is 0 Å². The number of halogens is 1. The third-order valence-corrected chi connectivity index (χ3v) is 2.71. The van der Waals surface area contributed by atoms with Gasteiger partial charge in [0.2, 0.25) is 0 Å². The summed E-state index contributed by atoms with van der Waals surface area (Å²) in [4.78, 5) is 0. The van der Waals surface area contributed by atoms with E-state index in [0.29, 0.717) is 17.9 Å². The SMILES string of the molecule is Cn1cc(COc2ccc(Br)cc2C#N)cn1. The average Bonchev–Trinajstić information content (AvgIpc) is 2.73. The van der Waals surface area contributed by atoms with E-state index in [0.717, 1.165) is 10.0 Å².